The van der Waals surface area contributed by atoms with E-state index in [0.29, 0.717) is 5.88 Å². The van der Waals surface area contributed by atoms with E-state index in [9.17, 15) is 0 Å². The Morgan fingerprint density at radius 3 is 2.81 bits per heavy atom. The summed E-state index contributed by atoms with van der Waals surface area (Å²) >= 11 is 11.5. The third-order valence-electron chi connectivity index (χ3n) is 3.85. The fourth-order valence-electron chi connectivity index (χ4n) is 2.74. The van der Waals surface area contributed by atoms with Crippen molar-refractivity contribution in [1.82, 2.24) is 14.5 Å². The number of thioether (sulfide) groups is 1. The summed E-state index contributed by atoms with van der Waals surface area (Å²) in [6.45, 7) is 4.49. The van der Waals surface area contributed by atoms with Crippen molar-refractivity contribution in [2.45, 2.75) is 13.0 Å². The van der Waals surface area contributed by atoms with E-state index < -0.39 is 0 Å². The highest BCUT2D eigenvalue weighted by atomic mass is 79.9. The van der Waals surface area contributed by atoms with Crippen molar-refractivity contribution in [2.75, 3.05) is 37.0 Å². The van der Waals surface area contributed by atoms with Crippen LogP contribution in [0.25, 0.3) is 11.0 Å². The van der Waals surface area contributed by atoms with Gasteiger partial charge in [-0.1, -0.05) is 15.9 Å². The first kappa shape index (κ1) is 15.7. The SMILES string of the molecule is ClCCc1nc2cc(Br)ccc2n1CCN1CCSCC1. The molecule has 114 valence electrons. The number of hydrogen-bond acceptors (Lipinski definition) is 3. The van der Waals surface area contributed by atoms with Crippen LogP contribution in [0.4, 0.5) is 0 Å². The number of fused-ring (bicyclic) bond motifs is 1. The van der Waals surface area contributed by atoms with Crippen LogP contribution in [0.15, 0.2) is 22.7 Å². The number of imidazole rings is 1. The van der Waals surface area contributed by atoms with Crippen LogP contribution < -0.4 is 0 Å². The lowest BCUT2D eigenvalue weighted by Crippen LogP contribution is -2.35. The molecule has 2 aromatic rings. The van der Waals surface area contributed by atoms with E-state index in [1.54, 1.807) is 0 Å². The van der Waals surface area contributed by atoms with Gasteiger partial charge in [0.15, 0.2) is 0 Å². The molecule has 0 aliphatic carbocycles. The molecule has 3 rings (SSSR count). The highest BCUT2D eigenvalue weighted by Gasteiger charge is 2.14. The summed E-state index contributed by atoms with van der Waals surface area (Å²) in [5, 5.41) is 0. The molecule has 1 saturated heterocycles. The summed E-state index contributed by atoms with van der Waals surface area (Å²) in [6.07, 6.45) is 0.823. The smallest absolute Gasteiger partial charge is 0.111 e. The molecule has 0 atom stereocenters. The molecule has 0 N–H and O–H groups in total. The Morgan fingerprint density at radius 1 is 1.24 bits per heavy atom. The first-order valence-corrected chi connectivity index (χ1v) is 9.77. The maximum absolute atomic E-state index is 5.94. The maximum Gasteiger partial charge on any atom is 0.111 e. The lowest BCUT2D eigenvalue weighted by molar-refractivity contribution is 0.289. The Bertz CT molecular complexity index is 610. The predicted molar refractivity (Wildman–Crippen MR) is 95.6 cm³/mol. The lowest BCUT2D eigenvalue weighted by Gasteiger charge is -2.26. The number of nitrogens with zero attached hydrogens (tertiary/aromatic N) is 3. The zero-order chi connectivity index (χ0) is 14.7. The average molecular weight is 389 g/mol. The normalized spacial score (nSPS) is 16.7. The third-order valence-corrected chi connectivity index (χ3v) is 5.48. The second-order valence-electron chi connectivity index (χ2n) is 5.21. The summed E-state index contributed by atoms with van der Waals surface area (Å²) in [5.41, 5.74) is 2.27. The topological polar surface area (TPSA) is 21.1 Å². The van der Waals surface area contributed by atoms with Gasteiger partial charge in [-0.05, 0) is 18.2 Å². The average Bonchev–Trinajstić information content (AvgIpc) is 2.83. The summed E-state index contributed by atoms with van der Waals surface area (Å²) in [7, 11) is 0. The van der Waals surface area contributed by atoms with E-state index in [4.69, 9.17) is 16.6 Å². The number of aryl methyl sites for hydroxylation is 1. The number of halogens is 2. The molecular formula is C15H19BrClN3S. The van der Waals surface area contributed by atoms with Gasteiger partial charge in [0.2, 0.25) is 0 Å². The van der Waals surface area contributed by atoms with Gasteiger partial charge in [0.1, 0.15) is 5.82 Å². The van der Waals surface area contributed by atoms with Gasteiger partial charge in [0.25, 0.3) is 0 Å². The number of rotatable bonds is 5. The second-order valence-corrected chi connectivity index (χ2v) is 7.72. The number of aromatic nitrogens is 2. The molecule has 1 aromatic heterocycles. The minimum atomic E-state index is 0.616. The molecule has 21 heavy (non-hydrogen) atoms. The number of hydrogen-bond donors (Lipinski definition) is 0. The van der Waals surface area contributed by atoms with Crippen LogP contribution in [-0.4, -0.2) is 51.5 Å². The maximum atomic E-state index is 5.94. The molecule has 1 aliphatic heterocycles. The molecular weight excluding hydrogens is 370 g/mol. The van der Waals surface area contributed by atoms with E-state index in [1.165, 1.54) is 30.1 Å². The fraction of sp³-hybridized carbons (Fsp3) is 0.533. The van der Waals surface area contributed by atoms with Crippen molar-refractivity contribution in [3.63, 3.8) is 0 Å². The number of benzene rings is 1. The Labute approximate surface area is 143 Å². The number of alkyl halides is 1. The Hall–Kier alpha value is -0.230. The minimum Gasteiger partial charge on any atom is -0.327 e. The zero-order valence-corrected chi connectivity index (χ0v) is 15.1. The van der Waals surface area contributed by atoms with Crippen LogP contribution in [0.1, 0.15) is 5.82 Å². The molecule has 1 fully saturated rings. The molecule has 0 radical (unpaired) electrons. The lowest BCUT2D eigenvalue weighted by atomic mass is 10.3. The summed E-state index contributed by atoms with van der Waals surface area (Å²) in [5.74, 6) is 4.23. The van der Waals surface area contributed by atoms with Crippen LogP contribution in [0, 0.1) is 0 Å². The molecule has 1 aromatic carbocycles. The van der Waals surface area contributed by atoms with Crippen molar-refractivity contribution >= 4 is 50.3 Å². The van der Waals surface area contributed by atoms with Crippen LogP contribution in [0.2, 0.25) is 0 Å². The van der Waals surface area contributed by atoms with Gasteiger partial charge in [-0.3, -0.25) is 4.90 Å². The van der Waals surface area contributed by atoms with Crippen molar-refractivity contribution in [3.8, 4) is 0 Å². The highest BCUT2D eigenvalue weighted by molar-refractivity contribution is 9.10. The van der Waals surface area contributed by atoms with Crippen molar-refractivity contribution < 1.29 is 0 Å². The Balaban J connectivity index is 1.82. The first-order chi connectivity index (χ1) is 10.3. The van der Waals surface area contributed by atoms with Crippen LogP contribution in [0.5, 0.6) is 0 Å². The summed E-state index contributed by atoms with van der Waals surface area (Å²) < 4.78 is 3.41. The van der Waals surface area contributed by atoms with Gasteiger partial charge in [-0.15, -0.1) is 11.6 Å². The van der Waals surface area contributed by atoms with Crippen molar-refractivity contribution in [2.24, 2.45) is 0 Å². The molecule has 3 nitrogen and oxygen atoms in total. The van der Waals surface area contributed by atoms with Crippen LogP contribution in [-0.2, 0) is 13.0 Å². The van der Waals surface area contributed by atoms with E-state index in [-0.39, 0.29) is 0 Å². The zero-order valence-electron chi connectivity index (χ0n) is 11.9. The minimum absolute atomic E-state index is 0.616. The van der Waals surface area contributed by atoms with Crippen molar-refractivity contribution in [1.29, 1.82) is 0 Å². The molecule has 0 bridgehead atoms. The molecule has 0 unspecified atom stereocenters. The van der Waals surface area contributed by atoms with Gasteiger partial charge in [-0.25, -0.2) is 4.98 Å². The van der Waals surface area contributed by atoms with Gasteiger partial charge in [0, 0.05) is 54.5 Å². The first-order valence-electron chi connectivity index (χ1n) is 7.28. The van der Waals surface area contributed by atoms with E-state index in [0.717, 1.165) is 35.3 Å². The summed E-state index contributed by atoms with van der Waals surface area (Å²) in [4.78, 5) is 7.30. The molecule has 1 aliphatic rings. The van der Waals surface area contributed by atoms with E-state index in [1.807, 2.05) is 0 Å². The van der Waals surface area contributed by atoms with Crippen LogP contribution >= 0.6 is 39.3 Å². The molecule has 0 saturated carbocycles. The van der Waals surface area contributed by atoms with Gasteiger partial charge < -0.3 is 4.57 Å². The molecule has 2 heterocycles. The predicted octanol–water partition coefficient (Wildman–Crippen LogP) is 3.63. The van der Waals surface area contributed by atoms with E-state index in [2.05, 4.69) is 55.4 Å². The monoisotopic (exact) mass is 387 g/mol. The van der Waals surface area contributed by atoms with Crippen LogP contribution in [0.3, 0.4) is 0 Å². The van der Waals surface area contributed by atoms with Crippen molar-refractivity contribution in [3.05, 3.63) is 28.5 Å². The molecule has 6 heteroatoms. The standard InChI is InChI=1S/C15H19BrClN3S/c16-12-1-2-14-13(11-12)18-15(3-4-17)20(14)6-5-19-7-9-21-10-8-19/h1-2,11H,3-10H2. The Morgan fingerprint density at radius 2 is 2.05 bits per heavy atom. The van der Waals surface area contributed by atoms with Gasteiger partial charge in [0.05, 0.1) is 11.0 Å². The van der Waals surface area contributed by atoms with Gasteiger partial charge in [-0.2, -0.15) is 11.8 Å². The fourth-order valence-corrected chi connectivity index (χ4v) is 4.24. The van der Waals surface area contributed by atoms with E-state index >= 15 is 0 Å². The quantitative estimate of drug-likeness (QED) is 0.730. The molecule has 0 spiro atoms. The van der Waals surface area contributed by atoms with Gasteiger partial charge >= 0.3 is 0 Å². The largest absolute Gasteiger partial charge is 0.327 e. The molecule has 0 amide bonds. The third kappa shape index (κ3) is 3.76. The second kappa shape index (κ2) is 7.36. The Kier molecular flexibility index (Phi) is 5.49. The summed E-state index contributed by atoms with van der Waals surface area (Å²) in [6, 6.07) is 6.32. The highest BCUT2D eigenvalue weighted by Crippen LogP contribution is 2.22.